The lowest BCUT2D eigenvalue weighted by Gasteiger charge is -2.09. The van der Waals surface area contributed by atoms with E-state index in [1.54, 1.807) is 6.07 Å². The van der Waals surface area contributed by atoms with Crippen LogP contribution < -0.4 is 0 Å². The van der Waals surface area contributed by atoms with Gasteiger partial charge in [0.25, 0.3) is 0 Å². The molecule has 102 valence electrons. The van der Waals surface area contributed by atoms with Crippen molar-refractivity contribution in [2.45, 2.75) is 46.5 Å². The fraction of sp³-hybridized carbons (Fsp3) is 0.500. The van der Waals surface area contributed by atoms with E-state index in [1.165, 1.54) is 0 Å². The smallest absolute Gasteiger partial charge is 0.158 e. The molecule has 0 aliphatic carbocycles. The molecule has 0 amide bonds. The third-order valence-corrected chi connectivity index (χ3v) is 3.18. The van der Waals surface area contributed by atoms with Crippen LogP contribution in [0.1, 0.15) is 50.8 Å². The Morgan fingerprint density at radius 1 is 1.16 bits per heavy atom. The van der Waals surface area contributed by atoms with Crippen molar-refractivity contribution < 1.29 is 0 Å². The molecule has 19 heavy (non-hydrogen) atoms. The Labute approximate surface area is 118 Å². The van der Waals surface area contributed by atoms with E-state index in [-0.39, 0.29) is 5.92 Å². The van der Waals surface area contributed by atoms with Crippen LogP contribution in [0, 0.1) is 0 Å². The zero-order valence-corrected chi connectivity index (χ0v) is 12.6. The first kappa shape index (κ1) is 14.0. The molecule has 0 atom stereocenters. The van der Waals surface area contributed by atoms with E-state index in [4.69, 9.17) is 11.6 Å². The van der Waals surface area contributed by atoms with Gasteiger partial charge in [-0.15, -0.1) is 0 Å². The number of nitrogens with zero attached hydrogens (tertiary/aromatic N) is 4. The Morgan fingerprint density at radius 3 is 2.47 bits per heavy atom. The average molecular weight is 279 g/mol. The number of rotatable bonds is 4. The standard InChI is InChI=1S/C14H19ClN4/c1-5-10-7-11(6-2)19(18-10)13-8-12(15)16-14(17-13)9(3)4/h7-9H,5-6H2,1-4H3. The third-order valence-electron chi connectivity index (χ3n) is 2.99. The first-order valence-electron chi connectivity index (χ1n) is 6.67. The zero-order valence-electron chi connectivity index (χ0n) is 11.8. The molecule has 2 aromatic rings. The number of hydrogen-bond donors (Lipinski definition) is 0. The lowest BCUT2D eigenvalue weighted by atomic mass is 10.2. The zero-order chi connectivity index (χ0) is 14.0. The summed E-state index contributed by atoms with van der Waals surface area (Å²) in [6.07, 6.45) is 1.82. The summed E-state index contributed by atoms with van der Waals surface area (Å²) in [5.74, 6) is 1.74. The van der Waals surface area contributed by atoms with Crippen LogP contribution in [0.5, 0.6) is 0 Å². The molecule has 4 nitrogen and oxygen atoms in total. The van der Waals surface area contributed by atoms with Gasteiger partial charge in [-0.25, -0.2) is 14.6 Å². The highest BCUT2D eigenvalue weighted by molar-refractivity contribution is 6.29. The van der Waals surface area contributed by atoms with Crippen molar-refractivity contribution in [1.82, 2.24) is 19.7 Å². The fourth-order valence-electron chi connectivity index (χ4n) is 1.89. The van der Waals surface area contributed by atoms with Gasteiger partial charge in [0.1, 0.15) is 11.0 Å². The highest BCUT2D eigenvalue weighted by Crippen LogP contribution is 2.18. The van der Waals surface area contributed by atoms with Gasteiger partial charge < -0.3 is 0 Å². The van der Waals surface area contributed by atoms with Crippen LogP contribution in [-0.4, -0.2) is 19.7 Å². The fourth-order valence-corrected chi connectivity index (χ4v) is 2.07. The molecule has 0 saturated carbocycles. The molecule has 0 spiro atoms. The van der Waals surface area contributed by atoms with Gasteiger partial charge in [0.2, 0.25) is 0 Å². The van der Waals surface area contributed by atoms with Crippen LogP contribution in [-0.2, 0) is 12.8 Å². The molecule has 5 heteroatoms. The maximum Gasteiger partial charge on any atom is 0.158 e. The summed E-state index contributed by atoms with van der Waals surface area (Å²) in [5, 5.41) is 5.04. The van der Waals surface area contributed by atoms with Crippen molar-refractivity contribution >= 4 is 11.6 Å². The van der Waals surface area contributed by atoms with Gasteiger partial charge in [-0.1, -0.05) is 39.3 Å². The highest BCUT2D eigenvalue weighted by atomic mass is 35.5. The maximum absolute atomic E-state index is 6.09. The Bertz CT molecular complexity index is 575. The van der Waals surface area contributed by atoms with E-state index < -0.39 is 0 Å². The van der Waals surface area contributed by atoms with E-state index in [0.717, 1.165) is 35.9 Å². The lowest BCUT2D eigenvalue weighted by molar-refractivity contribution is 0.724. The van der Waals surface area contributed by atoms with E-state index in [1.807, 2.05) is 4.68 Å². The van der Waals surface area contributed by atoms with Crippen molar-refractivity contribution in [3.8, 4) is 5.82 Å². The van der Waals surface area contributed by atoms with Crippen LogP contribution in [0.3, 0.4) is 0 Å². The van der Waals surface area contributed by atoms with Gasteiger partial charge in [0, 0.05) is 17.7 Å². The minimum atomic E-state index is 0.240. The Hall–Kier alpha value is -1.42. The molecule has 0 saturated heterocycles. The molecule has 0 N–H and O–H groups in total. The highest BCUT2D eigenvalue weighted by Gasteiger charge is 2.12. The van der Waals surface area contributed by atoms with Crippen LogP contribution in [0.4, 0.5) is 0 Å². The molecule has 0 aliphatic rings. The van der Waals surface area contributed by atoms with E-state index in [2.05, 4.69) is 48.8 Å². The van der Waals surface area contributed by atoms with Crippen LogP contribution >= 0.6 is 11.6 Å². The van der Waals surface area contributed by atoms with Gasteiger partial charge in [0.05, 0.1) is 5.69 Å². The molecule has 0 radical (unpaired) electrons. The summed E-state index contributed by atoms with van der Waals surface area (Å²) < 4.78 is 1.87. The topological polar surface area (TPSA) is 43.6 Å². The average Bonchev–Trinajstić information content (AvgIpc) is 2.81. The SMILES string of the molecule is CCc1cc(CC)n(-c2cc(Cl)nc(C(C)C)n2)n1. The van der Waals surface area contributed by atoms with Gasteiger partial charge in [-0.05, 0) is 18.9 Å². The van der Waals surface area contributed by atoms with Gasteiger partial charge in [-0.2, -0.15) is 5.10 Å². The summed E-state index contributed by atoms with van der Waals surface area (Å²) in [6, 6.07) is 3.88. The molecule has 0 bridgehead atoms. The van der Waals surface area contributed by atoms with Crippen LogP contribution in [0.15, 0.2) is 12.1 Å². The van der Waals surface area contributed by atoms with E-state index in [0.29, 0.717) is 5.15 Å². The summed E-state index contributed by atoms with van der Waals surface area (Å²) in [5.41, 5.74) is 2.21. The predicted molar refractivity (Wildman–Crippen MR) is 77.0 cm³/mol. The van der Waals surface area contributed by atoms with E-state index >= 15 is 0 Å². The van der Waals surface area contributed by atoms with E-state index in [9.17, 15) is 0 Å². The largest absolute Gasteiger partial charge is 0.221 e. The second-order valence-corrected chi connectivity index (χ2v) is 5.19. The van der Waals surface area contributed by atoms with Crippen LogP contribution in [0.2, 0.25) is 5.15 Å². The molecule has 2 rings (SSSR count). The maximum atomic E-state index is 6.09. The molecule has 0 aliphatic heterocycles. The molecule has 2 heterocycles. The summed E-state index contributed by atoms with van der Waals surface area (Å²) in [4.78, 5) is 8.82. The quantitative estimate of drug-likeness (QED) is 0.803. The summed E-state index contributed by atoms with van der Waals surface area (Å²) in [7, 11) is 0. The van der Waals surface area contributed by atoms with Crippen molar-refractivity contribution in [2.24, 2.45) is 0 Å². The molecule has 0 fully saturated rings. The molecular weight excluding hydrogens is 260 g/mol. The lowest BCUT2D eigenvalue weighted by Crippen LogP contribution is -2.08. The first-order valence-corrected chi connectivity index (χ1v) is 7.05. The summed E-state index contributed by atoms with van der Waals surface area (Å²) >= 11 is 6.09. The van der Waals surface area contributed by atoms with Crippen molar-refractivity contribution in [3.63, 3.8) is 0 Å². The predicted octanol–water partition coefficient (Wildman–Crippen LogP) is 3.56. The monoisotopic (exact) mass is 278 g/mol. The third kappa shape index (κ3) is 2.95. The molecule has 0 unspecified atom stereocenters. The first-order chi connectivity index (χ1) is 9.05. The van der Waals surface area contributed by atoms with Gasteiger partial charge >= 0.3 is 0 Å². The Morgan fingerprint density at radius 2 is 1.89 bits per heavy atom. The Kier molecular flexibility index (Phi) is 4.20. The second kappa shape index (κ2) is 5.70. The Balaban J connectivity index is 2.54. The normalized spacial score (nSPS) is 11.3. The van der Waals surface area contributed by atoms with Gasteiger partial charge in [0.15, 0.2) is 5.82 Å². The van der Waals surface area contributed by atoms with Crippen molar-refractivity contribution in [3.05, 3.63) is 34.5 Å². The number of aromatic nitrogens is 4. The molecule has 2 aromatic heterocycles. The number of halogens is 1. The minimum Gasteiger partial charge on any atom is -0.221 e. The minimum absolute atomic E-state index is 0.240. The van der Waals surface area contributed by atoms with Gasteiger partial charge in [-0.3, -0.25) is 0 Å². The van der Waals surface area contributed by atoms with Crippen molar-refractivity contribution in [1.29, 1.82) is 0 Å². The number of aryl methyl sites for hydroxylation is 2. The molecular formula is C14H19ClN4. The second-order valence-electron chi connectivity index (χ2n) is 4.81. The number of hydrogen-bond acceptors (Lipinski definition) is 3. The van der Waals surface area contributed by atoms with Crippen molar-refractivity contribution in [2.75, 3.05) is 0 Å². The summed E-state index contributed by atoms with van der Waals surface area (Å²) in [6.45, 7) is 8.31. The molecule has 0 aromatic carbocycles. The van der Waals surface area contributed by atoms with Crippen LogP contribution in [0.25, 0.3) is 5.82 Å².